The van der Waals surface area contributed by atoms with Crippen molar-refractivity contribution < 1.29 is 16.9 Å². The fraction of sp³-hybridized carbons (Fsp3) is 0.810. The number of unbranched alkanes of at least 4 members (excludes halogenated alkanes) is 9. The highest BCUT2D eigenvalue weighted by atomic mass is 35.5. The van der Waals surface area contributed by atoms with Crippen LogP contribution in [0.25, 0.3) is 0 Å². The van der Waals surface area contributed by atoms with Crippen LogP contribution in [0, 0.1) is 0 Å². The summed E-state index contributed by atoms with van der Waals surface area (Å²) in [5, 5.41) is 0. The molecule has 0 fully saturated rings. The molecule has 0 amide bonds. The van der Waals surface area contributed by atoms with E-state index in [1.54, 1.807) is 0 Å². The standard InChI is InChI=1S/C21H42N.ClH/c1-5-6-7-8-9-10-11-12-13-14-15-16-17-18-19-20-21-22(2,3)4;/h9-10,12-13H,5-8,11,14-21H2,1-4H3;1H/q+1;/p-1. The van der Waals surface area contributed by atoms with E-state index >= 15 is 0 Å². The normalized spacial score (nSPS) is 12.2. The lowest BCUT2D eigenvalue weighted by molar-refractivity contribution is -0.870. The second kappa shape index (κ2) is 18.1. The van der Waals surface area contributed by atoms with Crippen molar-refractivity contribution in [2.24, 2.45) is 0 Å². The van der Waals surface area contributed by atoms with Crippen molar-refractivity contribution in [3.63, 3.8) is 0 Å². The lowest BCUT2D eigenvalue weighted by Gasteiger charge is -2.23. The zero-order valence-electron chi connectivity index (χ0n) is 16.3. The zero-order chi connectivity index (χ0) is 16.5. The van der Waals surface area contributed by atoms with Crippen molar-refractivity contribution in [3.05, 3.63) is 24.3 Å². The minimum Gasteiger partial charge on any atom is -1.00 e. The maximum Gasteiger partial charge on any atom is 0.0780 e. The molecular weight excluding hydrogens is 302 g/mol. The Morgan fingerprint density at radius 2 is 1.09 bits per heavy atom. The third-order valence-corrected chi connectivity index (χ3v) is 4.03. The molecule has 0 unspecified atom stereocenters. The number of quaternary nitrogens is 1. The highest BCUT2D eigenvalue weighted by molar-refractivity contribution is 4.92. The molecule has 0 atom stereocenters. The van der Waals surface area contributed by atoms with E-state index < -0.39 is 0 Å². The first-order valence-electron chi connectivity index (χ1n) is 9.66. The van der Waals surface area contributed by atoms with Gasteiger partial charge in [0.15, 0.2) is 0 Å². The maximum atomic E-state index is 2.37. The molecule has 0 rings (SSSR count). The second-order valence-electron chi connectivity index (χ2n) is 7.60. The van der Waals surface area contributed by atoms with Crippen LogP contribution >= 0.6 is 0 Å². The molecule has 0 bridgehead atoms. The smallest absolute Gasteiger partial charge is 0.0780 e. The monoisotopic (exact) mass is 343 g/mol. The van der Waals surface area contributed by atoms with Gasteiger partial charge >= 0.3 is 0 Å². The predicted octanol–water partition coefficient (Wildman–Crippen LogP) is 3.51. The topological polar surface area (TPSA) is 0 Å². The molecule has 0 spiro atoms. The number of allylic oxidation sites excluding steroid dienone is 4. The maximum absolute atomic E-state index is 2.37. The molecule has 0 aromatic carbocycles. The summed E-state index contributed by atoms with van der Waals surface area (Å²) in [5.74, 6) is 0. The van der Waals surface area contributed by atoms with Crippen LogP contribution in [-0.2, 0) is 0 Å². The van der Waals surface area contributed by atoms with Gasteiger partial charge in [0.1, 0.15) is 0 Å². The van der Waals surface area contributed by atoms with Crippen LogP contribution in [0.15, 0.2) is 24.3 Å². The van der Waals surface area contributed by atoms with E-state index in [1.807, 2.05) is 0 Å². The Balaban J connectivity index is 0. The molecule has 0 aliphatic carbocycles. The number of hydrogen-bond acceptors (Lipinski definition) is 0. The third kappa shape index (κ3) is 24.1. The highest BCUT2D eigenvalue weighted by Crippen LogP contribution is 2.09. The molecule has 0 aromatic rings. The minimum absolute atomic E-state index is 0. The highest BCUT2D eigenvalue weighted by Gasteiger charge is 2.04. The molecule has 0 radical (unpaired) electrons. The number of nitrogens with zero attached hydrogens (tertiary/aromatic N) is 1. The molecule has 138 valence electrons. The summed E-state index contributed by atoms with van der Waals surface area (Å²) in [6.07, 6.45) is 25.5. The number of hydrogen-bond donors (Lipinski definition) is 0. The summed E-state index contributed by atoms with van der Waals surface area (Å²) >= 11 is 0. The largest absolute Gasteiger partial charge is 1.00 e. The fourth-order valence-electron chi connectivity index (χ4n) is 2.57. The van der Waals surface area contributed by atoms with Gasteiger partial charge in [-0.2, -0.15) is 0 Å². The van der Waals surface area contributed by atoms with Gasteiger partial charge in [-0.25, -0.2) is 0 Å². The summed E-state index contributed by atoms with van der Waals surface area (Å²) < 4.78 is 1.11. The van der Waals surface area contributed by atoms with Gasteiger partial charge in [-0.3, -0.25) is 0 Å². The summed E-state index contributed by atoms with van der Waals surface area (Å²) in [7, 11) is 6.85. The van der Waals surface area contributed by atoms with Crippen molar-refractivity contribution >= 4 is 0 Å². The summed E-state index contributed by atoms with van der Waals surface area (Å²) in [6.45, 7) is 3.58. The van der Waals surface area contributed by atoms with Crippen LogP contribution in [0.2, 0.25) is 0 Å². The van der Waals surface area contributed by atoms with Crippen LogP contribution in [0.1, 0.15) is 84.0 Å². The van der Waals surface area contributed by atoms with E-state index in [4.69, 9.17) is 0 Å². The fourth-order valence-corrected chi connectivity index (χ4v) is 2.57. The van der Waals surface area contributed by atoms with E-state index in [1.165, 1.54) is 77.2 Å². The van der Waals surface area contributed by atoms with E-state index in [2.05, 4.69) is 52.4 Å². The molecule has 2 heteroatoms. The van der Waals surface area contributed by atoms with E-state index in [-0.39, 0.29) is 12.4 Å². The van der Waals surface area contributed by atoms with Crippen LogP contribution in [0.3, 0.4) is 0 Å². The SMILES string of the molecule is CCCCCC=CCC=CCCCCCCCC[N+](C)(C)C.[Cl-]. The molecule has 0 N–H and O–H groups in total. The van der Waals surface area contributed by atoms with Gasteiger partial charge in [-0.05, 0) is 44.9 Å². The van der Waals surface area contributed by atoms with Crippen molar-refractivity contribution in [3.8, 4) is 0 Å². The molecule has 0 heterocycles. The first-order valence-corrected chi connectivity index (χ1v) is 9.66. The van der Waals surface area contributed by atoms with Crippen molar-refractivity contribution in [1.82, 2.24) is 0 Å². The van der Waals surface area contributed by atoms with Crippen LogP contribution in [-0.4, -0.2) is 32.2 Å². The van der Waals surface area contributed by atoms with Gasteiger partial charge in [-0.1, -0.05) is 63.3 Å². The Labute approximate surface area is 153 Å². The van der Waals surface area contributed by atoms with Gasteiger partial charge in [-0.15, -0.1) is 0 Å². The minimum atomic E-state index is 0. The van der Waals surface area contributed by atoms with Gasteiger partial charge in [0.05, 0.1) is 27.7 Å². The van der Waals surface area contributed by atoms with Crippen LogP contribution in [0.4, 0.5) is 0 Å². The zero-order valence-corrected chi connectivity index (χ0v) is 17.1. The molecule has 23 heavy (non-hydrogen) atoms. The van der Waals surface area contributed by atoms with E-state index in [9.17, 15) is 0 Å². The number of halogens is 1. The summed E-state index contributed by atoms with van der Waals surface area (Å²) in [6, 6.07) is 0. The van der Waals surface area contributed by atoms with Crippen LogP contribution < -0.4 is 12.4 Å². The second-order valence-corrected chi connectivity index (χ2v) is 7.60. The molecule has 0 aromatic heterocycles. The Bertz CT molecular complexity index is 276. The number of rotatable bonds is 15. The summed E-state index contributed by atoms with van der Waals surface area (Å²) in [4.78, 5) is 0. The Morgan fingerprint density at radius 1 is 0.609 bits per heavy atom. The molecule has 0 saturated heterocycles. The van der Waals surface area contributed by atoms with Crippen molar-refractivity contribution in [1.29, 1.82) is 0 Å². The van der Waals surface area contributed by atoms with Gasteiger partial charge in [0.2, 0.25) is 0 Å². The first kappa shape index (κ1) is 25.0. The van der Waals surface area contributed by atoms with Crippen molar-refractivity contribution in [2.45, 2.75) is 84.0 Å². The van der Waals surface area contributed by atoms with E-state index in [0.29, 0.717) is 0 Å². The van der Waals surface area contributed by atoms with E-state index in [0.717, 1.165) is 10.9 Å². The van der Waals surface area contributed by atoms with Gasteiger partial charge < -0.3 is 16.9 Å². The Kier molecular flexibility index (Phi) is 19.6. The first-order chi connectivity index (χ1) is 10.6. The van der Waals surface area contributed by atoms with Gasteiger partial charge in [0, 0.05) is 0 Å². The molecular formula is C21H42ClN. The van der Waals surface area contributed by atoms with Crippen molar-refractivity contribution in [2.75, 3.05) is 27.7 Å². The lowest BCUT2D eigenvalue weighted by Crippen LogP contribution is -3.00. The molecule has 0 aliphatic heterocycles. The lowest BCUT2D eigenvalue weighted by atomic mass is 10.1. The quantitative estimate of drug-likeness (QED) is 0.242. The van der Waals surface area contributed by atoms with Crippen LogP contribution in [0.5, 0.6) is 0 Å². The average Bonchev–Trinajstić information content (AvgIpc) is 2.45. The Morgan fingerprint density at radius 3 is 1.61 bits per heavy atom. The molecule has 0 aliphatic rings. The molecule has 0 saturated carbocycles. The average molecular weight is 344 g/mol. The third-order valence-electron chi connectivity index (χ3n) is 4.03. The Hall–Kier alpha value is -0.270. The molecule has 1 nitrogen and oxygen atoms in total. The van der Waals surface area contributed by atoms with Gasteiger partial charge in [0.25, 0.3) is 0 Å². The summed E-state index contributed by atoms with van der Waals surface area (Å²) in [5.41, 5.74) is 0. The predicted molar refractivity (Wildman–Crippen MR) is 102 cm³/mol.